The Hall–Kier alpha value is -0.940. The second-order valence-electron chi connectivity index (χ2n) is 4.69. The smallest absolute Gasteiger partial charge is 0.255 e. The highest BCUT2D eigenvalue weighted by atomic mass is 79.9. The van der Waals surface area contributed by atoms with Gasteiger partial charge >= 0.3 is 0 Å². The number of carbonyl (C=O) groups is 1. The molecule has 0 aromatic heterocycles. The lowest BCUT2D eigenvalue weighted by Crippen LogP contribution is -2.51. The number of carbonyl (C=O) groups excluding carboxylic acids is 1. The molecule has 3 nitrogen and oxygen atoms in total. The molecule has 0 spiro atoms. The molecule has 1 saturated heterocycles. The third-order valence-electron chi connectivity index (χ3n) is 3.13. The Labute approximate surface area is 114 Å². The van der Waals surface area contributed by atoms with Gasteiger partial charge in [0.1, 0.15) is 5.82 Å². The fourth-order valence-corrected chi connectivity index (χ4v) is 2.72. The van der Waals surface area contributed by atoms with Gasteiger partial charge in [0, 0.05) is 30.1 Å². The molecule has 1 heterocycles. The predicted molar refractivity (Wildman–Crippen MR) is 72.2 cm³/mol. The fraction of sp³-hybridized carbons (Fsp3) is 0.462. The third-order valence-corrected chi connectivity index (χ3v) is 3.79. The first kappa shape index (κ1) is 13.5. The summed E-state index contributed by atoms with van der Waals surface area (Å²) >= 11 is 3.33. The zero-order chi connectivity index (χ0) is 13.3. The number of halogens is 2. The third kappa shape index (κ3) is 2.72. The molecule has 0 unspecified atom stereocenters. The van der Waals surface area contributed by atoms with Crippen LogP contribution in [0.5, 0.6) is 0 Å². The van der Waals surface area contributed by atoms with Crippen molar-refractivity contribution in [3.05, 3.63) is 33.5 Å². The Morgan fingerprint density at radius 3 is 2.94 bits per heavy atom. The van der Waals surface area contributed by atoms with E-state index in [1.165, 1.54) is 6.07 Å². The number of piperazine rings is 1. The van der Waals surface area contributed by atoms with Crippen molar-refractivity contribution in [1.29, 1.82) is 0 Å². The average Bonchev–Trinajstić information content (AvgIpc) is 2.33. The maximum Gasteiger partial charge on any atom is 0.255 e. The minimum Gasteiger partial charge on any atom is -0.336 e. The van der Waals surface area contributed by atoms with E-state index in [1.54, 1.807) is 17.9 Å². The molecule has 0 radical (unpaired) electrons. The Morgan fingerprint density at radius 2 is 2.28 bits per heavy atom. The molecule has 1 fully saturated rings. The second kappa shape index (κ2) is 5.36. The number of hydrogen-bond acceptors (Lipinski definition) is 2. The van der Waals surface area contributed by atoms with Crippen LogP contribution in [0.4, 0.5) is 4.39 Å². The number of benzene rings is 1. The molecule has 0 aliphatic carbocycles. The van der Waals surface area contributed by atoms with Crippen molar-refractivity contribution in [2.75, 3.05) is 19.6 Å². The maximum atomic E-state index is 13.6. The van der Waals surface area contributed by atoms with Crippen LogP contribution in [0.1, 0.15) is 22.8 Å². The molecule has 18 heavy (non-hydrogen) atoms. The molecule has 1 aromatic rings. The summed E-state index contributed by atoms with van der Waals surface area (Å²) in [4.78, 5) is 14.1. The molecule has 1 aliphatic rings. The highest BCUT2D eigenvalue weighted by Crippen LogP contribution is 2.23. The normalized spacial score (nSPS) is 20.0. The first-order chi connectivity index (χ1) is 8.49. The summed E-state index contributed by atoms with van der Waals surface area (Å²) < 4.78 is 14.2. The van der Waals surface area contributed by atoms with Crippen molar-refractivity contribution in [2.24, 2.45) is 0 Å². The van der Waals surface area contributed by atoms with Gasteiger partial charge in [-0.15, -0.1) is 0 Å². The molecule has 2 rings (SSSR count). The molecule has 1 atom stereocenters. The summed E-state index contributed by atoms with van der Waals surface area (Å²) in [6, 6.07) is 3.24. The monoisotopic (exact) mass is 314 g/mol. The van der Waals surface area contributed by atoms with Crippen LogP contribution < -0.4 is 5.32 Å². The van der Waals surface area contributed by atoms with Crippen molar-refractivity contribution in [2.45, 2.75) is 19.9 Å². The van der Waals surface area contributed by atoms with Gasteiger partial charge in [0.15, 0.2) is 0 Å². The van der Waals surface area contributed by atoms with E-state index in [0.717, 1.165) is 6.54 Å². The Bertz CT molecular complexity index is 478. The van der Waals surface area contributed by atoms with Crippen molar-refractivity contribution < 1.29 is 9.18 Å². The minimum atomic E-state index is -0.343. The molecule has 1 amide bonds. The first-order valence-corrected chi connectivity index (χ1v) is 6.76. The highest BCUT2D eigenvalue weighted by Gasteiger charge is 2.23. The van der Waals surface area contributed by atoms with Gasteiger partial charge in [-0.2, -0.15) is 0 Å². The largest absolute Gasteiger partial charge is 0.336 e. The van der Waals surface area contributed by atoms with E-state index in [9.17, 15) is 9.18 Å². The summed E-state index contributed by atoms with van der Waals surface area (Å²) in [5, 5.41) is 3.27. The van der Waals surface area contributed by atoms with Crippen LogP contribution in [0.25, 0.3) is 0 Å². The quantitative estimate of drug-likeness (QED) is 0.863. The van der Waals surface area contributed by atoms with E-state index >= 15 is 0 Å². The van der Waals surface area contributed by atoms with Gasteiger partial charge in [-0.3, -0.25) is 4.79 Å². The van der Waals surface area contributed by atoms with Gasteiger partial charge in [-0.25, -0.2) is 4.39 Å². The van der Waals surface area contributed by atoms with Gasteiger partial charge < -0.3 is 10.2 Å². The minimum absolute atomic E-state index is 0.117. The van der Waals surface area contributed by atoms with Crippen LogP contribution in [0.2, 0.25) is 0 Å². The molecule has 5 heteroatoms. The Kier molecular flexibility index (Phi) is 4.02. The number of amides is 1. The Balaban J connectivity index is 2.25. The van der Waals surface area contributed by atoms with Crippen LogP contribution in [-0.4, -0.2) is 36.5 Å². The van der Waals surface area contributed by atoms with Crippen LogP contribution in [-0.2, 0) is 0 Å². The maximum absolute atomic E-state index is 13.6. The fourth-order valence-electron chi connectivity index (χ4n) is 2.10. The van der Waals surface area contributed by atoms with E-state index in [2.05, 4.69) is 21.2 Å². The topological polar surface area (TPSA) is 32.3 Å². The zero-order valence-corrected chi connectivity index (χ0v) is 12.1. The van der Waals surface area contributed by atoms with Crippen molar-refractivity contribution in [1.82, 2.24) is 10.2 Å². The van der Waals surface area contributed by atoms with Crippen molar-refractivity contribution >= 4 is 21.8 Å². The van der Waals surface area contributed by atoms with E-state index in [0.29, 0.717) is 28.7 Å². The van der Waals surface area contributed by atoms with E-state index < -0.39 is 0 Å². The van der Waals surface area contributed by atoms with Gasteiger partial charge in [0.2, 0.25) is 0 Å². The lowest BCUT2D eigenvalue weighted by Gasteiger charge is -2.32. The molecule has 0 bridgehead atoms. The van der Waals surface area contributed by atoms with Crippen LogP contribution in [0, 0.1) is 12.7 Å². The molecular weight excluding hydrogens is 299 g/mol. The summed E-state index contributed by atoms with van der Waals surface area (Å²) in [6.07, 6.45) is 0. The lowest BCUT2D eigenvalue weighted by atomic mass is 10.1. The number of hydrogen-bond donors (Lipinski definition) is 1. The number of rotatable bonds is 1. The van der Waals surface area contributed by atoms with Gasteiger partial charge in [0.05, 0.1) is 5.56 Å². The van der Waals surface area contributed by atoms with Crippen molar-refractivity contribution in [3.8, 4) is 0 Å². The first-order valence-electron chi connectivity index (χ1n) is 5.97. The van der Waals surface area contributed by atoms with Gasteiger partial charge in [-0.1, -0.05) is 0 Å². The summed E-state index contributed by atoms with van der Waals surface area (Å²) in [6.45, 7) is 5.80. The van der Waals surface area contributed by atoms with Crippen molar-refractivity contribution in [3.63, 3.8) is 0 Å². The van der Waals surface area contributed by atoms with Crippen LogP contribution >= 0.6 is 15.9 Å². The lowest BCUT2D eigenvalue weighted by molar-refractivity contribution is 0.0707. The molecule has 0 saturated carbocycles. The highest BCUT2D eigenvalue weighted by molar-refractivity contribution is 9.10. The molecule has 1 N–H and O–H groups in total. The second-order valence-corrected chi connectivity index (χ2v) is 5.54. The van der Waals surface area contributed by atoms with E-state index in [4.69, 9.17) is 0 Å². The number of nitrogens with zero attached hydrogens (tertiary/aromatic N) is 1. The van der Waals surface area contributed by atoms with E-state index in [1.807, 2.05) is 6.92 Å². The zero-order valence-electron chi connectivity index (χ0n) is 10.5. The molecule has 1 aromatic carbocycles. The number of aryl methyl sites for hydroxylation is 1. The van der Waals surface area contributed by atoms with Crippen LogP contribution in [0.3, 0.4) is 0 Å². The molecular formula is C13H16BrFN2O. The average molecular weight is 315 g/mol. The van der Waals surface area contributed by atoms with E-state index in [-0.39, 0.29) is 17.8 Å². The Morgan fingerprint density at radius 1 is 1.56 bits per heavy atom. The summed E-state index contributed by atoms with van der Waals surface area (Å²) in [7, 11) is 0. The van der Waals surface area contributed by atoms with Gasteiger partial charge in [-0.05, 0) is 47.5 Å². The van der Waals surface area contributed by atoms with Gasteiger partial charge in [0.25, 0.3) is 5.91 Å². The summed E-state index contributed by atoms with van der Waals surface area (Å²) in [5.74, 6) is -0.459. The predicted octanol–water partition coefficient (Wildman–Crippen LogP) is 2.33. The molecule has 1 aliphatic heterocycles. The number of nitrogens with one attached hydrogen (secondary N) is 1. The standard InChI is InChI=1S/C13H16BrFN2O/c1-8-5-11(14)10(6-12(8)15)13(18)17-4-3-16-9(2)7-17/h5-6,9,16H,3-4,7H2,1-2H3/t9-/m0/s1. The molecule has 98 valence electrons. The summed E-state index contributed by atoms with van der Waals surface area (Å²) in [5.41, 5.74) is 0.930. The SMILES string of the molecule is Cc1cc(Br)c(C(=O)N2CCN[C@@H](C)C2)cc1F. The van der Waals surface area contributed by atoms with Crippen LogP contribution in [0.15, 0.2) is 16.6 Å².